The molecule has 0 amide bonds. The second kappa shape index (κ2) is 16.0. The third-order valence-corrected chi connectivity index (χ3v) is 5.47. The fourth-order valence-corrected chi connectivity index (χ4v) is 3.54. The zero-order chi connectivity index (χ0) is 19.7. The molecule has 0 radical (unpaired) electrons. The Kier molecular flexibility index (Phi) is 14.2. The average Bonchev–Trinajstić information content (AvgIpc) is 2.64. The molecule has 1 heterocycles. The third kappa shape index (κ3) is 12.9. The Hall–Kier alpha value is -1.03. The molecule has 0 aliphatic rings. The van der Waals surface area contributed by atoms with E-state index in [0.717, 1.165) is 17.1 Å². The Labute approximate surface area is 172 Å². The van der Waals surface area contributed by atoms with Gasteiger partial charge in [-0.2, -0.15) is 4.73 Å². The highest BCUT2D eigenvalue weighted by Crippen LogP contribution is 2.15. The van der Waals surface area contributed by atoms with Gasteiger partial charge in [-0.05, 0) is 24.5 Å². The zero-order valence-electron chi connectivity index (χ0n) is 17.6. The van der Waals surface area contributed by atoms with Crippen molar-refractivity contribution in [3.05, 3.63) is 23.0 Å². The van der Waals surface area contributed by atoms with Crippen molar-refractivity contribution < 1.29 is 9.94 Å². The van der Waals surface area contributed by atoms with Crippen molar-refractivity contribution in [1.82, 2.24) is 4.73 Å². The van der Waals surface area contributed by atoms with Crippen LogP contribution in [0, 0.1) is 10.6 Å². The lowest BCUT2D eigenvalue weighted by atomic mass is 10.0. The molecule has 4 heteroatoms. The molecule has 156 valence electrons. The highest BCUT2D eigenvalue weighted by atomic mass is 32.1. The summed E-state index contributed by atoms with van der Waals surface area (Å²) in [6.45, 7) is 5.31. The number of ether oxygens (including phenoxy) is 1. The highest BCUT2D eigenvalue weighted by molar-refractivity contribution is 7.71. The van der Waals surface area contributed by atoms with Gasteiger partial charge in [-0.25, -0.2) is 0 Å². The van der Waals surface area contributed by atoms with Crippen LogP contribution in [-0.4, -0.2) is 16.5 Å². The van der Waals surface area contributed by atoms with Crippen LogP contribution in [0.15, 0.2) is 18.3 Å². The molecular formula is C23H41NO2S. The summed E-state index contributed by atoms with van der Waals surface area (Å²) in [6, 6.07) is 3.54. The molecule has 0 fully saturated rings. The first kappa shape index (κ1) is 24.0. The number of unbranched alkanes of at least 4 members (excludes halogenated alkanes) is 12. The first-order valence-electron chi connectivity index (χ1n) is 11.1. The van der Waals surface area contributed by atoms with E-state index in [0.29, 0.717) is 17.0 Å². The quantitative estimate of drug-likeness (QED) is 0.165. The number of aromatic nitrogens is 1. The van der Waals surface area contributed by atoms with Gasteiger partial charge in [-0.15, -0.1) is 0 Å². The maximum atomic E-state index is 9.48. The predicted octanol–water partition coefficient (Wildman–Crippen LogP) is 7.95. The Morgan fingerprint density at radius 3 is 1.85 bits per heavy atom. The Morgan fingerprint density at radius 1 is 0.852 bits per heavy atom. The standard InChI is InChI=1S/C23H41NO2S/c1-21(2)17-14-12-10-8-6-4-3-5-7-9-11-13-15-20-26-22-18-16-19-24(25)23(22)27/h16,18-19,21,25H,3-15,17,20H2,1-2H3. The molecule has 0 bridgehead atoms. The van der Waals surface area contributed by atoms with Crippen LogP contribution in [0.3, 0.4) is 0 Å². The van der Waals surface area contributed by atoms with Gasteiger partial charge >= 0.3 is 0 Å². The Balaban J connectivity index is 1.80. The van der Waals surface area contributed by atoms with E-state index in [1.807, 2.05) is 0 Å². The van der Waals surface area contributed by atoms with E-state index in [-0.39, 0.29) is 0 Å². The summed E-state index contributed by atoms with van der Waals surface area (Å²) in [4.78, 5) is 0. The molecule has 0 aliphatic carbocycles. The summed E-state index contributed by atoms with van der Waals surface area (Å²) in [6.07, 6.45) is 20.5. The summed E-state index contributed by atoms with van der Waals surface area (Å²) in [5.41, 5.74) is 0. The number of rotatable bonds is 17. The van der Waals surface area contributed by atoms with Crippen molar-refractivity contribution in [2.75, 3.05) is 6.61 Å². The SMILES string of the molecule is CC(C)CCCCCCCCCCCCCCCOc1cccn(O)c1=S. The monoisotopic (exact) mass is 395 g/mol. The van der Waals surface area contributed by atoms with E-state index < -0.39 is 0 Å². The summed E-state index contributed by atoms with van der Waals surface area (Å²) in [5.74, 6) is 1.46. The number of hydrogen-bond donors (Lipinski definition) is 1. The molecule has 0 aromatic carbocycles. The van der Waals surface area contributed by atoms with Crippen LogP contribution in [0.25, 0.3) is 0 Å². The molecule has 1 aromatic rings. The van der Waals surface area contributed by atoms with Crippen molar-refractivity contribution >= 4 is 12.2 Å². The van der Waals surface area contributed by atoms with E-state index in [2.05, 4.69) is 13.8 Å². The summed E-state index contributed by atoms with van der Waals surface area (Å²) >= 11 is 5.10. The van der Waals surface area contributed by atoms with Gasteiger partial charge in [0.2, 0.25) is 0 Å². The van der Waals surface area contributed by atoms with Crippen LogP contribution in [0.1, 0.15) is 104 Å². The largest absolute Gasteiger partial charge is 0.490 e. The predicted molar refractivity (Wildman–Crippen MR) is 117 cm³/mol. The minimum absolute atomic E-state index is 0.341. The molecule has 0 saturated heterocycles. The van der Waals surface area contributed by atoms with Gasteiger partial charge in [0.25, 0.3) is 0 Å². The maximum Gasteiger partial charge on any atom is 0.184 e. The van der Waals surface area contributed by atoms with Crippen molar-refractivity contribution in [2.24, 2.45) is 5.92 Å². The lowest BCUT2D eigenvalue weighted by Gasteiger charge is -2.07. The van der Waals surface area contributed by atoms with Crippen molar-refractivity contribution in [3.63, 3.8) is 0 Å². The van der Waals surface area contributed by atoms with E-state index in [1.54, 1.807) is 12.1 Å². The molecular weight excluding hydrogens is 354 g/mol. The van der Waals surface area contributed by atoms with Crippen molar-refractivity contribution in [3.8, 4) is 5.75 Å². The molecule has 0 atom stereocenters. The molecule has 1 N–H and O–H groups in total. The summed E-state index contributed by atoms with van der Waals surface area (Å²) in [5, 5.41) is 9.48. The van der Waals surface area contributed by atoms with Crippen molar-refractivity contribution in [2.45, 2.75) is 104 Å². The Bertz CT molecular complexity index is 527. The van der Waals surface area contributed by atoms with Gasteiger partial charge in [0, 0.05) is 6.20 Å². The minimum atomic E-state index is 0.341. The van der Waals surface area contributed by atoms with Crippen LogP contribution < -0.4 is 4.74 Å². The lowest BCUT2D eigenvalue weighted by molar-refractivity contribution is 0.174. The fourth-order valence-electron chi connectivity index (χ4n) is 3.36. The molecule has 0 spiro atoms. The minimum Gasteiger partial charge on any atom is -0.490 e. The molecule has 0 saturated carbocycles. The topological polar surface area (TPSA) is 34.4 Å². The average molecular weight is 396 g/mol. The van der Waals surface area contributed by atoms with Crippen LogP contribution >= 0.6 is 12.2 Å². The summed E-state index contributed by atoms with van der Waals surface area (Å²) in [7, 11) is 0. The van der Waals surface area contributed by atoms with Gasteiger partial charge in [0.05, 0.1) is 6.61 Å². The maximum absolute atomic E-state index is 9.48. The number of pyridine rings is 1. The second-order valence-corrected chi connectivity index (χ2v) is 8.54. The van der Waals surface area contributed by atoms with E-state index in [9.17, 15) is 5.21 Å². The van der Waals surface area contributed by atoms with Crippen LogP contribution in [0.4, 0.5) is 0 Å². The lowest BCUT2D eigenvalue weighted by Crippen LogP contribution is -2.01. The molecule has 1 rings (SSSR count). The zero-order valence-corrected chi connectivity index (χ0v) is 18.4. The van der Waals surface area contributed by atoms with Gasteiger partial charge < -0.3 is 9.94 Å². The molecule has 27 heavy (non-hydrogen) atoms. The number of hydrogen-bond acceptors (Lipinski definition) is 3. The van der Waals surface area contributed by atoms with Crippen LogP contribution in [-0.2, 0) is 0 Å². The van der Waals surface area contributed by atoms with E-state index in [4.69, 9.17) is 17.0 Å². The first-order valence-corrected chi connectivity index (χ1v) is 11.6. The van der Waals surface area contributed by atoms with Gasteiger partial charge in [-0.1, -0.05) is 110 Å². The van der Waals surface area contributed by atoms with E-state index >= 15 is 0 Å². The van der Waals surface area contributed by atoms with Gasteiger partial charge in [0.1, 0.15) is 0 Å². The Morgan fingerprint density at radius 2 is 1.33 bits per heavy atom. The first-order chi connectivity index (χ1) is 13.1. The summed E-state index contributed by atoms with van der Waals surface area (Å²) < 4.78 is 6.92. The normalized spacial score (nSPS) is 11.2. The van der Waals surface area contributed by atoms with Crippen LogP contribution in [0.2, 0.25) is 0 Å². The van der Waals surface area contributed by atoms with E-state index in [1.165, 1.54) is 89.7 Å². The van der Waals surface area contributed by atoms with Gasteiger partial charge in [0.15, 0.2) is 10.4 Å². The second-order valence-electron chi connectivity index (χ2n) is 8.15. The van der Waals surface area contributed by atoms with Crippen molar-refractivity contribution in [1.29, 1.82) is 0 Å². The number of nitrogens with zero attached hydrogens (tertiary/aromatic N) is 1. The van der Waals surface area contributed by atoms with Crippen LogP contribution in [0.5, 0.6) is 5.75 Å². The van der Waals surface area contributed by atoms with Gasteiger partial charge in [-0.3, -0.25) is 0 Å². The fraction of sp³-hybridized carbons (Fsp3) is 0.783. The molecule has 1 aromatic heterocycles. The molecule has 3 nitrogen and oxygen atoms in total. The third-order valence-electron chi connectivity index (χ3n) is 5.08. The highest BCUT2D eigenvalue weighted by Gasteiger charge is 2.00. The molecule has 0 aliphatic heterocycles. The molecule has 0 unspecified atom stereocenters. The smallest absolute Gasteiger partial charge is 0.184 e.